The van der Waals surface area contributed by atoms with Gasteiger partial charge in [-0.2, -0.15) is 4.98 Å². The Morgan fingerprint density at radius 3 is 2.97 bits per heavy atom. The van der Waals surface area contributed by atoms with Gasteiger partial charge in [-0.1, -0.05) is 24.8 Å². The average molecular weight is 469 g/mol. The molecular formula is C27H28N6O2. The molecule has 2 aromatic heterocycles. The lowest BCUT2D eigenvalue weighted by Crippen LogP contribution is -2.24. The Kier molecular flexibility index (Phi) is 6.45. The number of anilines is 4. The molecule has 0 atom stereocenters. The van der Waals surface area contributed by atoms with Gasteiger partial charge in [-0.25, -0.2) is 4.98 Å². The molecule has 0 saturated carbocycles. The van der Waals surface area contributed by atoms with Crippen LogP contribution in [0.5, 0.6) is 0 Å². The Labute approximate surface area is 204 Å². The predicted octanol–water partition coefficient (Wildman–Crippen LogP) is 4.43. The van der Waals surface area contributed by atoms with Crippen LogP contribution in [0, 0.1) is 0 Å². The summed E-state index contributed by atoms with van der Waals surface area (Å²) in [5.41, 5.74) is 6.96. The number of hydrogen-bond donors (Lipinski definition) is 3. The largest absolute Gasteiger partial charge is 0.383 e. The normalized spacial score (nSPS) is 12.5. The molecule has 8 nitrogen and oxygen atoms in total. The summed E-state index contributed by atoms with van der Waals surface area (Å²) in [6.07, 6.45) is 4.70. The fourth-order valence-electron chi connectivity index (χ4n) is 4.51. The fraction of sp³-hybridized carbons (Fsp3) is 0.222. The Morgan fingerprint density at radius 1 is 1.23 bits per heavy atom. The first-order valence-corrected chi connectivity index (χ1v) is 11.6. The Bertz CT molecular complexity index is 1380. The van der Waals surface area contributed by atoms with Crippen molar-refractivity contribution in [2.75, 3.05) is 42.3 Å². The van der Waals surface area contributed by atoms with Crippen LogP contribution in [0.15, 0.2) is 67.4 Å². The molecule has 4 aromatic rings. The van der Waals surface area contributed by atoms with Crippen molar-refractivity contribution in [1.29, 1.82) is 0 Å². The molecular weight excluding hydrogens is 440 g/mol. The minimum Gasteiger partial charge on any atom is -0.383 e. The summed E-state index contributed by atoms with van der Waals surface area (Å²) in [7, 11) is 1.73. The molecule has 5 rings (SSSR count). The molecule has 0 saturated heterocycles. The van der Waals surface area contributed by atoms with E-state index in [2.05, 4.69) is 45.3 Å². The van der Waals surface area contributed by atoms with Gasteiger partial charge in [0.1, 0.15) is 5.65 Å². The molecule has 1 aliphatic rings. The van der Waals surface area contributed by atoms with Crippen molar-refractivity contribution >= 4 is 40.0 Å². The van der Waals surface area contributed by atoms with Crippen LogP contribution in [0.2, 0.25) is 0 Å². The minimum atomic E-state index is -0.236. The van der Waals surface area contributed by atoms with Gasteiger partial charge in [0.15, 0.2) is 0 Å². The maximum absolute atomic E-state index is 11.7. The quantitative estimate of drug-likeness (QED) is 0.315. The van der Waals surface area contributed by atoms with Crippen molar-refractivity contribution in [3.8, 4) is 0 Å². The van der Waals surface area contributed by atoms with Gasteiger partial charge in [0.2, 0.25) is 11.9 Å². The molecule has 2 aromatic carbocycles. The van der Waals surface area contributed by atoms with E-state index >= 15 is 0 Å². The van der Waals surface area contributed by atoms with Crippen LogP contribution in [0.25, 0.3) is 11.0 Å². The number of methoxy groups -OCH3 is 1. The zero-order valence-electron chi connectivity index (χ0n) is 19.7. The van der Waals surface area contributed by atoms with E-state index in [9.17, 15) is 4.79 Å². The van der Waals surface area contributed by atoms with Gasteiger partial charge in [0.05, 0.1) is 12.3 Å². The lowest BCUT2D eigenvalue weighted by atomic mass is 10.1. The van der Waals surface area contributed by atoms with Crippen molar-refractivity contribution in [2.24, 2.45) is 0 Å². The molecule has 0 unspecified atom stereocenters. The Morgan fingerprint density at radius 2 is 2.11 bits per heavy atom. The Balaban J connectivity index is 1.42. The van der Waals surface area contributed by atoms with E-state index < -0.39 is 0 Å². The van der Waals surface area contributed by atoms with Crippen LogP contribution < -0.4 is 15.5 Å². The summed E-state index contributed by atoms with van der Waals surface area (Å²) >= 11 is 0. The van der Waals surface area contributed by atoms with Crippen LogP contribution in [0.4, 0.5) is 23.0 Å². The molecule has 8 heteroatoms. The van der Waals surface area contributed by atoms with Gasteiger partial charge in [0, 0.05) is 60.8 Å². The smallest absolute Gasteiger partial charge is 0.247 e. The highest BCUT2D eigenvalue weighted by Crippen LogP contribution is 2.34. The predicted molar refractivity (Wildman–Crippen MR) is 139 cm³/mol. The van der Waals surface area contributed by atoms with Crippen molar-refractivity contribution in [3.63, 3.8) is 0 Å². The zero-order chi connectivity index (χ0) is 24.2. The van der Waals surface area contributed by atoms with Crippen molar-refractivity contribution in [1.82, 2.24) is 15.0 Å². The molecule has 0 bridgehead atoms. The van der Waals surface area contributed by atoms with Gasteiger partial charge in [-0.3, -0.25) is 4.79 Å². The summed E-state index contributed by atoms with van der Waals surface area (Å²) in [6.45, 7) is 6.05. The topological polar surface area (TPSA) is 95.2 Å². The lowest BCUT2D eigenvalue weighted by Gasteiger charge is -2.19. The second kappa shape index (κ2) is 9.99. The fourth-order valence-corrected chi connectivity index (χ4v) is 4.51. The number of carbonyl (C=O) groups excluding carboxylic acids is 1. The average Bonchev–Trinajstić information content (AvgIpc) is 3.51. The summed E-state index contributed by atoms with van der Waals surface area (Å²) in [4.78, 5) is 26.9. The molecule has 3 N–H and O–H groups in total. The van der Waals surface area contributed by atoms with Gasteiger partial charge >= 0.3 is 0 Å². The third-order valence-corrected chi connectivity index (χ3v) is 6.18. The van der Waals surface area contributed by atoms with Gasteiger partial charge in [-0.15, -0.1) is 0 Å². The number of carbonyl (C=O) groups is 1. The summed E-state index contributed by atoms with van der Waals surface area (Å²) in [5, 5.41) is 7.25. The van der Waals surface area contributed by atoms with E-state index in [0.717, 1.165) is 53.2 Å². The molecule has 35 heavy (non-hydrogen) atoms. The van der Waals surface area contributed by atoms with Gasteiger partial charge in [0.25, 0.3) is 0 Å². The number of nitrogens with one attached hydrogen (secondary N) is 3. The maximum atomic E-state index is 11.7. The number of rotatable bonds is 9. The molecule has 178 valence electrons. The second-order valence-corrected chi connectivity index (χ2v) is 8.46. The Hall–Kier alpha value is -4.17. The molecule has 1 aliphatic heterocycles. The maximum Gasteiger partial charge on any atom is 0.247 e. The van der Waals surface area contributed by atoms with Crippen LogP contribution >= 0.6 is 0 Å². The van der Waals surface area contributed by atoms with Crippen LogP contribution in [0.3, 0.4) is 0 Å². The summed E-state index contributed by atoms with van der Waals surface area (Å²) in [6, 6.07) is 16.0. The first-order valence-electron chi connectivity index (χ1n) is 11.6. The van der Waals surface area contributed by atoms with E-state index in [1.807, 2.05) is 36.5 Å². The zero-order valence-corrected chi connectivity index (χ0v) is 19.7. The van der Waals surface area contributed by atoms with E-state index in [0.29, 0.717) is 19.0 Å². The highest BCUT2D eigenvalue weighted by atomic mass is 16.5. The van der Waals surface area contributed by atoms with Crippen molar-refractivity contribution < 1.29 is 9.53 Å². The first kappa shape index (κ1) is 22.6. The minimum absolute atomic E-state index is 0.236. The van der Waals surface area contributed by atoms with Crippen LogP contribution in [0.1, 0.15) is 16.8 Å². The van der Waals surface area contributed by atoms with Crippen molar-refractivity contribution in [3.05, 3.63) is 84.2 Å². The lowest BCUT2D eigenvalue weighted by molar-refractivity contribution is -0.111. The number of hydrogen-bond acceptors (Lipinski definition) is 6. The van der Waals surface area contributed by atoms with E-state index in [1.54, 1.807) is 7.11 Å². The standard InChI is InChI=1S/C27H28N6O2/c1-3-25(34)29-19-7-4-6-18(16-19)17-23-21-10-12-28-26(21)32-27(31-23)30-22-8-5-9-24-20(22)11-13-33(24)14-15-35-2/h3-10,12,16H,1,11,13-15,17H2,2H3,(H,29,34)(H2,28,30,31,32). The number of H-pyrrole nitrogens is 1. The summed E-state index contributed by atoms with van der Waals surface area (Å²) in [5.74, 6) is 0.315. The number of ether oxygens (including phenoxy) is 1. The molecule has 0 radical (unpaired) electrons. The first-order chi connectivity index (χ1) is 17.1. The van der Waals surface area contributed by atoms with Gasteiger partial charge in [-0.05, 0) is 48.4 Å². The molecule has 0 fully saturated rings. The molecule has 3 heterocycles. The van der Waals surface area contributed by atoms with Crippen LogP contribution in [-0.2, 0) is 22.4 Å². The number of aromatic nitrogens is 3. The number of amides is 1. The van der Waals surface area contributed by atoms with E-state index in [4.69, 9.17) is 14.7 Å². The number of fused-ring (bicyclic) bond motifs is 2. The number of benzene rings is 2. The van der Waals surface area contributed by atoms with Crippen molar-refractivity contribution in [2.45, 2.75) is 12.8 Å². The number of nitrogens with zero attached hydrogens (tertiary/aromatic N) is 3. The molecule has 0 aliphatic carbocycles. The highest BCUT2D eigenvalue weighted by Gasteiger charge is 2.22. The third-order valence-electron chi connectivity index (χ3n) is 6.18. The van der Waals surface area contributed by atoms with E-state index in [1.165, 1.54) is 17.3 Å². The van der Waals surface area contributed by atoms with E-state index in [-0.39, 0.29) is 5.91 Å². The molecule has 0 spiro atoms. The third kappa shape index (κ3) is 4.88. The van der Waals surface area contributed by atoms with Gasteiger partial charge < -0.3 is 25.3 Å². The highest BCUT2D eigenvalue weighted by molar-refractivity contribution is 5.98. The van der Waals surface area contributed by atoms with Crippen LogP contribution in [-0.4, -0.2) is 47.7 Å². The SMILES string of the molecule is C=CC(=O)Nc1cccc(Cc2nc(Nc3cccc4c3CCN4CCOC)nc3[nH]ccc23)c1. The monoisotopic (exact) mass is 468 g/mol. The molecule has 1 amide bonds. The number of aromatic amines is 1. The second-order valence-electron chi connectivity index (χ2n) is 8.46. The summed E-state index contributed by atoms with van der Waals surface area (Å²) < 4.78 is 5.27.